The Bertz CT molecular complexity index is 1160. The van der Waals surface area contributed by atoms with Crippen LogP contribution in [0.3, 0.4) is 0 Å². The van der Waals surface area contributed by atoms with Crippen LogP contribution in [0, 0.1) is 0 Å². The van der Waals surface area contributed by atoms with E-state index in [2.05, 4.69) is 10.6 Å². The van der Waals surface area contributed by atoms with Crippen LogP contribution in [0.2, 0.25) is 0 Å². The molecule has 9 heteroatoms. The summed E-state index contributed by atoms with van der Waals surface area (Å²) in [6.45, 7) is 1.06. The Kier molecular flexibility index (Phi) is 7.45. The summed E-state index contributed by atoms with van der Waals surface area (Å²) in [6, 6.07) is 11.6. The lowest BCUT2D eigenvalue weighted by Crippen LogP contribution is -2.49. The van der Waals surface area contributed by atoms with Crippen LogP contribution in [0.25, 0.3) is 0 Å². The Balaban J connectivity index is 1.65. The lowest BCUT2D eigenvalue weighted by atomic mass is 10.1. The molecule has 0 unspecified atom stereocenters. The molecular formula is C26H27N3O6. The van der Waals surface area contributed by atoms with Crippen molar-refractivity contribution in [2.45, 2.75) is 44.7 Å². The molecule has 2 N–H and O–H groups in total. The van der Waals surface area contributed by atoms with E-state index in [0.29, 0.717) is 11.3 Å². The average Bonchev–Trinajstić information content (AvgIpc) is 3.64. The minimum atomic E-state index is -1.11. The molecule has 0 bridgehead atoms. The van der Waals surface area contributed by atoms with Crippen molar-refractivity contribution in [3.05, 3.63) is 78.1 Å². The monoisotopic (exact) mass is 477 g/mol. The Morgan fingerprint density at radius 2 is 1.66 bits per heavy atom. The molecule has 35 heavy (non-hydrogen) atoms. The maximum atomic E-state index is 13.5. The van der Waals surface area contributed by atoms with Crippen molar-refractivity contribution in [3.63, 3.8) is 0 Å². The van der Waals surface area contributed by atoms with Crippen molar-refractivity contribution >= 4 is 29.2 Å². The number of ketones is 1. The van der Waals surface area contributed by atoms with Crippen molar-refractivity contribution in [3.8, 4) is 0 Å². The van der Waals surface area contributed by atoms with Crippen LogP contribution in [0.4, 0.5) is 5.69 Å². The fraction of sp³-hybridized carbons (Fsp3) is 0.308. The summed E-state index contributed by atoms with van der Waals surface area (Å²) >= 11 is 0. The molecule has 1 atom stereocenters. The van der Waals surface area contributed by atoms with Crippen LogP contribution in [-0.4, -0.2) is 36.1 Å². The van der Waals surface area contributed by atoms with E-state index in [0.717, 1.165) is 25.7 Å². The Hall–Kier alpha value is -4.14. The first-order chi connectivity index (χ1) is 16.9. The Morgan fingerprint density at radius 3 is 2.26 bits per heavy atom. The first kappa shape index (κ1) is 24.0. The van der Waals surface area contributed by atoms with Gasteiger partial charge in [0, 0.05) is 17.3 Å². The van der Waals surface area contributed by atoms with E-state index in [1.807, 2.05) is 0 Å². The van der Waals surface area contributed by atoms with Gasteiger partial charge in [-0.3, -0.25) is 24.1 Å². The summed E-state index contributed by atoms with van der Waals surface area (Å²) < 4.78 is 10.6. The second-order valence-corrected chi connectivity index (χ2v) is 8.43. The van der Waals surface area contributed by atoms with Crippen LogP contribution < -0.4 is 15.5 Å². The second-order valence-electron chi connectivity index (χ2n) is 8.43. The molecule has 1 fully saturated rings. The summed E-state index contributed by atoms with van der Waals surface area (Å²) in [4.78, 5) is 52.4. The minimum Gasteiger partial charge on any atom is -0.467 e. The molecule has 1 aliphatic carbocycles. The highest BCUT2D eigenvalue weighted by Gasteiger charge is 2.36. The predicted octanol–water partition coefficient (Wildman–Crippen LogP) is 3.64. The number of nitrogens with one attached hydrogen (secondary N) is 2. The lowest BCUT2D eigenvalue weighted by molar-refractivity contribution is -0.127. The Morgan fingerprint density at radius 1 is 0.971 bits per heavy atom. The molecule has 9 nitrogen and oxygen atoms in total. The predicted molar refractivity (Wildman–Crippen MR) is 127 cm³/mol. The van der Waals surface area contributed by atoms with Crippen LogP contribution in [0.15, 0.2) is 69.9 Å². The number of nitrogens with zero attached hydrogens (tertiary/aromatic N) is 1. The van der Waals surface area contributed by atoms with E-state index in [9.17, 15) is 19.2 Å². The van der Waals surface area contributed by atoms with E-state index in [1.165, 1.54) is 30.4 Å². The number of Topliss-reactive ketones (excluding diaryl/α,β-unsaturated/α-hetero) is 1. The van der Waals surface area contributed by atoms with Crippen molar-refractivity contribution in [1.29, 1.82) is 0 Å². The average molecular weight is 478 g/mol. The van der Waals surface area contributed by atoms with Crippen molar-refractivity contribution < 1.29 is 28.0 Å². The summed E-state index contributed by atoms with van der Waals surface area (Å²) in [5, 5.41) is 5.58. The normalized spacial score (nSPS) is 14.3. The second kappa shape index (κ2) is 10.9. The van der Waals surface area contributed by atoms with Gasteiger partial charge in [-0.1, -0.05) is 12.8 Å². The molecule has 3 aromatic rings. The van der Waals surface area contributed by atoms with Gasteiger partial charge in [0.25, 0.3) is 11.8 Å². The number of benzene rings is 1. The molecule has 1 aliphatic rings. The number of hydrogen-bond donors (Lipinski definition) is 2. The summed E-state index contributed by atoms with van der Waals surface area (Å²) in [7, 11) is 0. The first-order valence-corrected chi connectivity index (χ1v) is 11.5. The molecule has 0 aliphatic heterocycles. The molecule has 0 radical (unpaired) electrons. The largest absolute Gasteiger partial charge is 0.467 e. The fourth-order valence-corrected chi connectivity index (χ4v) is 4.20. The van der Waals surface area contributed by atoms with E-state index in [1.54, 1.807) is 42.5 Å². The zero-order valence-corrected chi connectivity index (χ0v) is 19.4. The highest BCUT2D eigenvalue weighted by Crippen LogP contribution is 2.30. The van der Waals surface area contributed by atoms with E-state index < -0.39 is 17.9 Å². The van der Waals surface area contributed by atoms with E-state index in [-0.39, 0.29) is 35.8 Å². The van der Waals surface area contributed by atoms with Crippen LogP contribution in [0.1, 0.15) is 65.3 Å². The quantitative estimate of drug-likeness (QED) is 0.454. The molecule has 1 aromatic carbocycles. The molecular weight excluding hydrogens is 450 g/mol. The lowest BCUT2D eigenvalue weighted by Gasteiger charge is -2.31. The fourth-order valence-electron chi connectivity index (χ4n) is 4.20. The number of amides is 3. The van der Waals surface area contributed by atoms with Gasteiger partial charge in [0.2, 0.25) is 5.91 Å². The number of anilines is 1. The van der Waals surface area contributed by atoms with Gasteiger partial charge in [0.1, 0.15) is 5.76 Å². The maximum absolute atomic E-state index is 13.5. The third-order valence-electron chi connectivity index (χ3n) is 5.99. The molecule has 0 spiro atoms. The van der Waals surface area contributed by atoms with Crippen LogP contribution >= 0.6 is 0 Å². The smallest absolute Gasteiger partial charge is 0.287 e. The number of rotatable bonds is 9. The molecule has 0 saturated heterocycles. The Labute approximate surface area is 202 Å². The van der Waals surface area contributed by atoms with Gasteiger partial charge < -0.3 is 19.5 Å². The molecule has 3 amide bonds. The standard InChI is InChI=1S/C26H27N3O6/c1-17(30)18-10-12-20(13-11-18)29(23(31)16-27-25(32)22-9-5-15-35-22)24(21-8-4-14-34-21)26(33)28-19-6-2-3-7-19/h4-5,8-15,19,24H,2-3,6-7,16H2,1H3,(H,27,32)(H,28,33)/t24-/m1/s1. The number of carbonyl (C=O) groups excluding carboxylic acids is 4. The summed E-state index contributed by atoms with van der Waals surface area (Å²) in [6.07, 6.45) is 6.61. The number of carbonyl (C=O) groups is 4. The van der Waals surface area contributed by atoms with Gasteiger partial charge >= 0.3 is 0 Å². The summed E-state index contributed by atoms with van der Waals surface area (Å²) in [5.74, 6) is -1.25. The van der Waals surface area contributed by atoms with Crippen molar-refractivity contribution in [2.24, 2.45) is 0 Å². The van der Waals surface area contributed by atoms with Gasteiger partial charge in [0.15, 0.2) is 17.6 Å². The zero-order valence-electron chi connectivity index (χ0n) is 19.4. The number of furan rings is 2. The van der Waals surface area contributed by atoms with E-state index in [4.69, 9.17) is 8.83 Å². The zero-order chi connectivity index (χ0) is 24.8. The van der Waals surface area contributed by atoms with Crippen LogP contribution in [-0.2, 0) is 9.59 Å². The van der Waals surface area contributed by atoms with Gasteiger partial charge in [0.05, 0.1) is 19.1 Å². The highest BCUT2D eigenvalue weighted by atomic mass is 16.3. The molecule has 1 saturated carbocycles. The minimum absolute atomic E-state index is 0.0238. The topological polar surface area (TPSA) is 122 Å². The molecule has 2 aromatic heterocycles. The maximum Gasteiger partial charge on any atom is 0.287 e. The van der Waals surface area contributed by atoms with Gasteiger partial charge in [-0.2, -0.15) is 0 Å². The molecule has 182 valence electrons. The van der Waals surface area contributed by atoms with Crippen molar-refractivity contribution in [1.82, 2.24) is 10.6 Å². The molecule has 2 heterocycles. The third-order valence-corrected chi connectivity index (χ3v) is 5.99. The number of hydrogen-bond acceptors (Lipinski definition) is 6. The highest BCUT2D eigenvalue weighted by molar-refractivity contribution is 6.04. The van der Waals surface area contributed by atoms with Crippen LogP contribution in [0.5, 0.6) is 0 Å². The molecule has 4 rings (SSSR count). The first-order valence-electron chi connectivity index (χ1n) is 11.5. The van der Waals surface area contributed by atoms with E-state index >= 15 is 0 Å². The third kappa shape index (κ3) is 5.68. The van der Waals surface area contributed by atoms with Crippen molar-refractivity contribution in [2.75, 3.05) is 11.4 Å². The van der Waals surface area contributed by atoms with Gasteiger partial charge in [-0.05, 0) is 68.3 Å². The summed E-state index contributed by atoms with van der Waals surface area (Å²) in [5.41, 5.74) is 0.854. The van der Waals surface area contributed by atoms with Gasteiger partial charge in [-0.25, -0.2) is 0 Å². The van der Waals surface area contributed by atoms with Gasteiger partial charge in [-0.15, -0.1) is 0 Å². The SMILES string of the molecule is CC(=O)c1ccc(N(C(=O)CNC(=O)c2ccco2)[C@@H](C(=O)NC2CCCC2)c2ccco2)cc1.